The Morgan fingerprint density at radius 1 is 1.44 bits per heavy atom. The molecule has 0 bridgehead atoms. The Balaban J connectivity index is 2.75. The van der Waals surface area contributed by atoms with Gasteiger partial charge in [-0.05, 0) is 19.9 Å². The summed E-state index contributed by atoms with van der Waals surface area (Å²) >= 11 is 0. The van der Waals surface area contributed by atoms with Gasteiger partial charge in [0.25, 0.3) is 0 Å². The van der Waals surface area contributed by atoms with E-state index in [-0.39, 0.29) is 12.1 Å². The lowest BCUT2D eigenvalue weighted by atomic mass is 10.2. The Morgan fingerprint density at radius 3 is 2.69 bits per heavy atom. The van der Waals surface area contributed by atoms with E-state index in [0.29, 0.717) is 11.7 Å². The van der Waals surface area contributed by atoms with Crippen molar-refractivity contribution in [3.8, 4) is 0 Å². The fraction of sp³-hybridized carbons (Fsp3) is 0.818. The molecule has 0 fully saturated rings. The highest BCUT2D eigenvalue weighted by Crippen LogP contribution is 2.21. The molecule has 5 heteroatoms. The number of nitrogens with one attached hydrogen (secondary N) is 1. The third kappa shape index (κ3) is 3.02. The highest BCUT2D eigenvalue weighted by Gasteiger charge is 2.20. The van der Waals surface area contributed by atoms with E-state index < -0.39 is 0 Å². The zero-order valence-electron chi connectivity index (χ0n) is 10.5. The molecule has 0 aromatic carbocycles. The minimum absolute atomic E-state index is 0.0585. The second-order valence-electron chi connectivity index (χ2n) is 3.75. The van der Waals surface area contributed by atoms with Crippen molar-refractivity contribution < 1.29 is 9.26 Å². The minimum atomic E-state index is -0.0585. The summed E-state index contributed by atoms with van der Waals surface area (Å²) in [6, 6.07) is 0.125. The lowest BCUT2D eigenvalue weighted by Gasteiger charge is -2.09. The molecule has 5 nitrogen and oxygen atoms in total. The van der Waals surface area contributed by atoms with Crippen molar-refractivity contribution in [3.05, 3.63) is 11.7 Å². The summed E-state index contributed by atoms with van der Waals surface area (Å²) < 4.78 is 10.6. The molecule has 92 valence electrons. The summed E-state index contributed by atoms with van der Waals surface area (Å²) in [6.07, 6.45) is 2.80. The van der Waals surface area contributed by atoms with Gasteiger partial charge in [0.1, 0.15) is 6.10 Å². The standard InChI is InChI=1S/C11H21N3O2/c1-5-7-9(15-4)10-13-11(16-14-10)8(6-2)12-3/h8-9,12H,5-7H2,1-4H3. The summed E-state index contributed by atoms with van der Waals surface area (Å²) in [7, 11) is 3.56. The number of methoxy groups -OCH3 is 1. The summed E-state index contributed by atoms with van der Waals surface area (Å²) in [5.74, 6) is 1.28. The Bertz CT molecular complexity index is 297. The molecule has 0 spiro atoms. The van der Waals surface area contributed by atoms with Gasteiger partial charge in [-0.3, -0.25) is 0 Å². The molecule has 0 amide bonds. The molecule has 16 heavy (non-hydrogen) atoms. The van der Waals surface area contributed by atoms with Crippen LogP contribution >= 0.6 is 0 Å². The van der Waals surface area contributed by atoms with Gasteiger partial charge in [0.05, 0.1) is 6.04 Å². The third-order valence-electron chi connectivity index (χ3n) is 2.64. The average molecular weight is 227 g/mol. The van der Waals surface area contributed by atoms with E-state index in [4.69, 9.17) is 9.26 Å². The molecule has 1 aromatic heterocycles. The topological polar surface area (TPSA) is 60.2 Å². The monoisotopic (exact) mass is 227 g/mol. The Hall–Kier alpha value is -0.940. The first-order valence-corrected chi connectivity index (χ1v) is 5.80. The van der Waals surface area contributed by atoms with Crippen molar-refractivity contribution in [2.45, 2.75) is 45.3 Å². The number of aromatic nitrogens is 2. The first kappa shape index (κ1) is 13.1. The van der Waals surface area contributed by atoms with Crippen LogP contribution in [0.15, 0.2) is 4.52 Å². The van der Waals surface area contributed by atoms with Crippen LogP contribution in [0.5, 0.6) is 0 Å². The van der Waals surface area contributed by atoms with Gasteiger partial charge >= 0.3 is 0 Å². The molecule has 1 heterocycles. The van der Waals surface area contributed by atoms with Crippen LogP contribution in [-0.2, 0) is 4.74 Å². The van der Waals surface area contributed by atoms with Gasteiger partial charge in [-0.15, -0.1) is 0 Å². The molecule has 0 radical (unpaired) electrons. The SMILES string of the molecule is CCCC(OC)c1noc(C(CC)NC)n1. The van der Waals surface area contributed by atoms with E-state index in [9.17, 15) is 0 Å². The molecule has 0 saturated carbocycles. The molecule has 1 N–H and O–H groups in total. The van der Waals surface area contributed by atoms with E-state index in [2.05, 4.69) is 29.3 Å². The Labute approximate surface area is 96.6 Å². The van der Waals surface area contributed by atoms with Crippen molar-refractivity contribution in [2.75, 3.05) is 14.2 Å². The fourth-order valence-electron chi connectivity index (χ4n) is 1.64. The van der Waals surface area contributed by atoms with Crippen LogP contribution in [0, 0.1) is 0 Å². The van der Waals surface area contributed by atoms with Crippen LogP contribution in [0.2, 0.25) is 0 Å². The quantitative estimate of drug-likeness (QED) is 0.774. The molecule has 0 aliphatic carbocycles. The van der Waals surface area contributed by atoms with Gasteiger partial charge in [0.15, 0.2) is 0 Å². The molecule has 1 rings (SSSR count). The predicted molar refractivity (Wildman–Crippen MR) is 61.0 cm³/mol. The molecular weight excluding hydrogens is 206 g/mol. The summed E-state index contributed by atoms with van der Waals surface area (Å²) in [5, 5.41) is 7.10. The van der Waals surface area contributed by atoms with Crippen LogP contribution in [0.1, 0.15) is 57.0 Å². The number of nitrogens with zero attached hydrogens (tertiary/aromatic N) is 2. The van der Waals surface area contributed by atoms with Crippen LogP contribution in [0.25, 0.3) is 0 Å². The van der Waals surface area contributed by atoms with Crippen molar-refractivity contribution >= 4 is 0 Å². The van der Waals surface area contributed by atoms with Gasteiger partial charge < -0.3 is 14.6 Å². The molecule has 2 unspecified atom stereocenters. The number of hydrogen-bond donors (Lipinski definition) is 1. The van der Waals surface area contributed by atoms with Gasteiger partial charge in [0, 0.05) is 7.11 Å². The Morgan fingerprint density at radius 2 is 2.19 bits per heavy atom. The smallest absolute Gasteiger partial charge is 0.243 e. The molecule has 1 aromatic rings. The maximum atomic E-state index is 5.33. The zero-order chi connectivity index (χ0) is 12.0. The summed E-state index contributed by atoms with van der Waals surface area (Å²) in [4.78, 5) is 4.38. The number of ether oxygens (including phenoxy) is 1. The third-order valence-corrected chi connectivity index (χ3v) is 2.64. The van der Waals surface area contributed by atoms with Gasteiger partial charge in [-0.1, -0.05) is 25.4 Å². The minimum Gasteiger partial charge on any atom is -0.373 e. The lowest BCUT2D eigenvalue weighted by molar-refractivity contribution is 0.0854. The van der Waals surface area contributed by atoms with Crippen molar-refractivity contribution in [2.24, 2.45) is 0 Å². The van der Waals surface area contributed by atoms with Gasteiger partial charge in [0.2, 0.25) is 11.7 Å². The summed E-state index contributed by atoms with van der Waals surface area (Å²) in [6.45, 7) is 4.18. The van der Waals surface area contributed by atoms with Gasteiger partial charge in [-0.25, -0.2) is 0 Å². The molecule has 0 aliphatic heterocycles. The van der Waals surface area contributed by atoms with E-state index >= 15 is 0 Å². The van der Waals surface area contributed by atoms with Crippen molar-refractivity contribution in [3.63, 3.8) is 0 Å². The van der Waals surface area contributed by atoms with E-state index in [1.807, 2.05) is 7.05 Å². The highest BCUT2D eigenvalue weighted by molar-refractivity contribution is 4.95. The molecule has 0 aliphatic rings. The van der Waals surface area contributed by atoms with Crippen LogP contribution in [0.4, 0.5) is 0 Å². The molecule has 0 saturated heterocycles. The normalized spacial score (nSPS) is 15.0. The number of hydrogen-bond acceptors (Lipinski definition) is 5. The average Bonchev–Trinajstić information content (AvgIpc) is 2.77. The maximum Gasteiger partial charge on any atom is 0.243 e. The predicted octanol–water partition coefficient (Wildman–Crippen LogP) is 2.23. The fourth-order valence-corrected chi connectivity index (χ4v) is 1.64. The van der Waals surface area contributed by atoms with Crippen molar-refractivity contribution in [1.82, 2.24) is 15.5 Å². The van der Waals surface area contributed by atoms with E-state index in [0.717, 1.165) is 19.3 Å². The maximum absolute atomic E-state index is 5.33. The van der Waals surface area contributed by atoms with Crippen LogP contribution in [-0.4, -0.2) is 24.3 Å². The van der Waals surface area contributed by atoms with E-state index in [1.165, 1.54) is 0 Å². The van der Waals surface area contributed by atoms with Crippen molar-refractivity contribution in [1.29, 1.82) is 0 Å². The largest absolute Gasteiger partial charge is 0.373 e. The van der Waals surface area contributed by atoms with Crippen LogP contribution < -0.4 is 5.32 Å². The second kappa shape index (κ2) is 6.60. The van der Waals surface area contributed by atoms with Gasteiger partial charge in [-0.2, -0.15) is 4.98 Å². The molecular formula is C11H21N3O2. The first-order chi connectivity index (χ1) is 7.76. The van der Waals surface area contributed by atoms with Crippen LogP contribution in [0.3, 0.4) is 0 Å². The highest BCUT2D eigenvalue weighted by atomic mass is 16.5. The Kier molecular flexibility index (Phi) is 5.42. The molecule has 2 atom stereocenters. The second-order valence-corrected chi connectivity index (χ2v) is 3.75. The summed E-state index contributed by atoms with van der Waals surface area (Å²) in [5.41, 5.74) is 0. The van der Waals surface area contributed by atoms with E-state index in [1.54, 1.807) is 7.11 Å². The first-order valence-electron chi connectivity index (χ1n) is 5.80. The lowest BCUT2D eigenvalue weighted by Crippen LogP contribution is -2.15. The number of rotatable bonds is 7. The zero-order valence-corrected chi connectivity index (χ0v) is 10.5.